The average Bonchev–Trinajstić information content (AvgIpc) is 2.60. The number of hydrogen-bond donors (Lipinski definition) is 0. The van der Waals surface area contributed by atoms with Gasteiger partial charge >= 0.3 is 0 Å². The molecule has 136 valence electrons. The molecule has 0 aromatic heterocycles. The molecule has 1 aliphatic rings. The van der Waals surface area contributed by atoms with Crippen molar-refractivity contribution in [3.05, 3.63) is 56.7 Å². The van der Waals surface area contributed by atoms with Gasteiger partial charge in [-0.3, -0.25) is 4.99 Å². The van der Waals surface area contributed by atoms with E-state index in [0.29, 0.717) is 0 Å². The Labute approximate surface area is 169 Å². The molecular weight excluding hydrogens is 435 g/mol. The molecule has 0 saturated heterocycles. The summed E-state index contributed by atoms with van der Waals surface area (Å²) in [5.74, 6) is 0.840. The number of aryl methyl sites for hydroxylation is 1. The summed E-state index contributed by atoms with van der Waals surface area (Å²) >= 11 is 2.34. The van der Waals surface area contributed by atoms with Crippen LogP contribution in [0.3, 0.4) is 0 Å². The lowest BCUT2D eigenvalue weighted by Crippen LogP contribution is -2.42. The lowest BCUT2D eigenvalue weighted by molar-refractivity contribution is 0.414. The summed E-state index contributed by atoms with van der Waals surface area (Å²) < 4.78 is 6.91. The largest absolute Gasteiger partial charge is 0.496 e. The van der Waals surface area contributed by atoms with E-state index in [1.54, 1.807) is 7.11 Å². The summed E-state index contributed by atoms with van der Waals surface area (Å²) in [7, 11) is 3.84. The van der Waals surface area contributed by atoms with Gasteiger partial charge in [-0.05, 0) is 85.7 Å². The molecule has 0 saturated carbocycles. The number of aliphatic imine (C=N–C) groups is 1. The van der Waals surface area contributed by atoms with Gasteiger partial charge in [-0.1, -0.05) is 6.08 Å². The van der Waals surface area contributed by atoms with E-state index < -0.39 is 0 Å². The van der Waals surface area contributed by atoms with Crippen molar-refractivity contribution in [3.63, 3.8) is 0 Å². The molecule has 0 spiro atoms. The van der Waals surface area contributed by atoms with Crippen molar-refractivity contribution in [2.75, 3.05) is 19.1 Å². The second-order valence-electron chi connectivity index (χ2n) is 7.34. The van der Waals surface area contributed by atoms with Crippen LogP contribution in [0.5, 0.6) is 5.75 Å². The van der Waals surface area contributed by atoms with Crippen molar-refractivity contribution in [3.8, 4) is 5.75 Å². The Hall–Kier alpha value is -1.82. The van der Waals surface area contributed by atoms with Crippen molar-refractivity contribution >= 4 is 45.8 Å². The first-order chi connectivity index (χ1) is 12.2. The first-order valence-corrected chi connectivity index (χ1v) is 9.77. The smallest absolute Gasteiger partial charge is 0.129 e. The molecule has 0 N–H and O–H groups in total. The summed E-state index contributed by atoms with van der Waals surface area (Å²) in [5, 5.41) is 0. The SMILES string of the molecule is COc1cc2c(cc1C=Nc1ccc(I)c(C)c1)C(C)=CC(C)(C)N2C. The number of benzene rings is 2. The van der Waals surface area contributed by atoms with Gasteiger partial charge in [0, 0.05) is 39.7 Å². The van der Waals surface area contributed by atoms with Crippen LogP contribution >= 0.6 is 22.6 Å². The van der Waals surface area contributed by atoms with E-state index >= 15 is 0 Å². The Morgan fingerprint density at radius 2 is 1.88 bits per heavy atom. The molecule has 1 heterocycles. The number of nitrogens with zero attached hydrogens (tertiary/aromatic N) is 2. The van der Waals surface area contributed by atoms with Crippen molar-refractivity contribution in [1.82, 2.24) is 0 Å². The Morgan fingerprint density at radius 3 is 2.54 bits per heavy atom. The lowest BCUT2D eigenvalue weighted by atomic mass is 9.88. The average molecular weight is 460 g/mol. The molecule has 0 unspecified atom stereocenters. The highest BCUT2D eigenvalue weighted by molar-refractivity contribution is 14.1. The molecule has 26 heavy (non-hydrogen) atoms. The molecule has 2 aromatic rings. The van der Waals surface area contributed by atoms with Crippen LogP contribution in [0.15, 0.2) is 41.4 Å². The van der Waals surface area contributed by atoms with Crippen molar-refractivity contribution in [2.24, 2.45) is 4.99 Å². The summed E-state index contributed by atoms with van der Waals surface area (Å²) in [5.41, 5.74) is 6.86. The molecular formula is C22H25IN2O. The van der Waals surface area contributed by atoms with Crippen molar-refractivity contribution < 1.29 is 4.74 Å². The van der Waals surface area contributed by atoms with Gasteiger partial charge in [0.25, 0.3) is 0 Å². The zero-order chi connectivity index (χ0) is 19.1. The maximum atomic E-state index is 5.66. The molecule has 0 radical (unpaired) electrons. The van der Waals surface area contributed by atoms with E-state index in [4.69, 9.17) is 4.74 Å². The van der Waals surface area contributed by atoms with Gasteiger partial charge in [0.2, 0.25) is 0 Å². The number of methoxy groups -OCH3 is 1. The monoisotopic (exact) mass is 460 g/mol. The predicted octanol–water partition coefficient (Wildman–Crippen LogP) is 5.99. The molecule has 0 bridgehead atoms. The summed E-state index contributed by atoms with van der Waals surface area (Å²) in [4.78, 5) is 6.96. The van der Waals surface area contributed by atoms with E-state index in [0.717, 1.165) is 17.0 Å². The Balaban J connectivity index is 2.05. The fourth-order valence-corrected chi connectivity index (χ4v) is 3.66. The number of fused-ring (bicyclic) bond motifs is 1. The zero-order valence-electron chi connectivity index (χ0n) is 16.2. The topological polar surface area (TPSA) is 24.8 Å². The summed E-state index contributed by atoms with van der Waals surface area (Å²) in [6.45, 7) is 8.72. The summed E-state index contributed by atoms with van der Waals surface area (Å²) in [6, 6.07) is 10.5. The van der Waals surface area contributed by atoms with Gasteiger partial charge in [-0.2, -0.15) is 0 Å². The van der Waals surface area contributed by atoms with Crippen LogP contribution in [0.2, 0.25) is 0 Å². The zero-order valence-corrected chi connectivity index (χ0v) is 18.4. The molecule has 0 amide bonds. The van der Waals surface area contributed by atoms with Gasteiger partial charge in [-0.25, -0.2) is 0 Å². The fraction of sp³-hybridized carbons (Fsp3) is 0.318. The Bertz CT molecular complexity index is 913. The molecule has 0 atom stereocenters. The van der Waals surface area contributed by atoms with Crippen LogP contribution in [0.1, 0.15) is 37.5 Å². The minimum absolute atomic E-state index is 0.0175. The second-order valence-corrected chi connectivity index (χ2v) is 8.51. The van der Waals surface area contributed by atoms with E-state index in [2.05, 4.69) is 97.6 Å². The number of halogens is 1. The molecule has 0 aliphatic carbocycles. The highest BCUT2D eigenvalue weighted by Crippen LogP contribution is 2.41. The number of likely N-dealkylation sites (N-methyl/N-ethyl adjacent to an activating group) is 1. The number of ether oxygens (including phenoxy) is 1. The van der Waals surface area contributed by atoms with Crippen LogP contribution in [0.25, 0.3) is 5.57 Å². The van der Waals surface area contributed by atoms with Gasteiger partial charge in [-0.15, -0.1) is 0 Å². The quantitative estimate of drug-likeness (QED) is 0.415. The minimum Gasteiger partial charge on any atom is -0.496 e. The van der Waals surface area contributed by atoms with Crippen LogP contribution in [-0.4, -0.2) is 25.9 Å². The van der Waals surface area contributed by atoms with Crippen LogP contribution in [0.4, 0.5) is 11.4 Å². The van der Waals surface area contributed by atoms with Crippen molar-refractivity contribution in [1.29, 1.82) is 0 Å². The predicted molar refractivity (Wildman–Crippen MR) is 120 cm³/mol. The van der Waals surface area contributed by atoms with E-state index in [9.17, 15) is 0 Å². The van der Waals surface area contributed by atoms with E-state index in [-0.39, 0.29) is 5.54 Å². The third kappa shape index (κ3) is 3.52. The first kappa shape index (κ1) is 19.0. The van der Waals surface area contributed by atoms with Gasteiger partial charge in [0.1, 0.15) is 5.75 Å². The van der Waals surface area contributed by atoms with Crippen LogP contribution in [0, 0.1) is 10.5 Å². The van der Waals surface area contributed by atoms with Gasteiger partial charge < -0.3 is 9.64 Å². The third-order valence-electron chi connectivity index (χ3n) is 5.06. The third-order valence-corrected chi connectivity index (χ3v) is 6.27. The highest BCUT2D eigenvalue weighted by atomic mass is 127. The minimum atomic E-state index is -0.0175. The van der Waals surface area contributed by atoms with Crippen LogP contribution < -0.4 is 9.64 Å². The molecule has 1 aliphatic heterocycles. The molecule has 3 rings (SSSR count). The lowest BCUT2D eigenvalue weighted by Gasteiger charge is -2.40. The molecule has 4 heteroatoms. The van der Waals surface area contributed by atoms with Crippen molar-refractivity contribution in [2.45, 2.75) is 33.2 Å². The number of rotatable bonds is 3. The summed E-state index contributed by atoms with van der Waals surface area (Å²) in [6.07, 6.45) is 4.21. The number of allylic oxidation sites excluding steroid dienone is 1. The number of hydrogen-bond acceptors (Lipinski definition) is 3. The van der Waals surface area contributed by atoms with E-state index in [1.807, 2.05) is 12.3 Å². The standard InChI is InChI=1S/C22H25IN2O/c1-14-9-17(7-8-19(14)23)24-13-16-10-18-15(2)12-22(3,4)25(5)20(18)11-21(16)26-6/h7-13H,1-6H3. The Morgan fingerprint density at radius 1 is 1.15 bits per heavy atom. The number of anilines is 1. The van der Waals surface area contributed by atoms with Gasteiger partial charge in [0.15, 0.2) is 0 Å². The maximum Gasteiger partial charge on any atom is 0.129 e. The highest BCUT2D eigenvalue weighted by Gasteiger charge is 2.29. The molecule has 3 nitrogen and oxygen atoms in total. The normalized spacial score (nSPS) is 15.8. The Kier molecular flexibility index (Phi) is 5.15. The first-order valence-electron chi connectivity index (χ1n) is 8.69. The molecule has 2 aromatic carbocycles. The maximum absolute atomic E-state index is 5.66. The van der Waals surface area contributed by atoms with Crippen LogP contribution in [-0.2, 0) is 0 Å². The fourth-order valence-electron chi connectivity index (χ4n) is 3.32. The molecule has 0 fully saturated rings. The second kappa shape index (κ2) is 7.06. The van der Waals surface area contributed by atoms with E-state index in [1.165, 1.54) is 26.0 Å². The van der Waals surface area contributed by atoms with Gasteiger partial charge in [0.05, 0.1) is 18.3 Å².